The summed E-state index contributed by atoms with van der Waals surface area (Å²) in [5, 5.41) is 11.2. The van der Waals surface area contributed by atoms with Gasteiger partial charge in [0.15, 0.2) is 0 Å². The molecule has 0 aliphatic heterocycles. The van der Waals surface area contributed by atoms with E-state index in [1.54, 1.807) is 5.32 Å². The van der Waals surface area contributed by atoms with E-state index >= 15 is 0 Å². The lowest BCUT2D eigenvalue weighted by molar-refractivity contribution is -0.280. The van der Waals surface area contributed by atoms with Crippen molar-refractivity contribution in [2.45, 2.75) is 50.3 Å². The van der Waals surface area contributed by atoms with Gasteiger partial charge in [0.05, 0.1) is 17.7 Å². The largest absolute Gasteiger partial charge is 0.496 e. The molecule has 0 aromatic heterocycles. The molecule has 0 radical (unpaired) electrons. The van der Waals surface area contributed by atoms with Crippen LogP contribution in [0.5, 0.6) is 5.75 Å². The number of benzene rings is 2. The summed E-state index contributed by atoms with van der Waals surface area (Å²) in [6, 6.07) is 3.78. The summed E-state index contributed by atoms with van der Waals surface area (Å²) in [6.45, 7) is 1.43. The highest BCUT2D eigenvalue weighted by Gasteiger charge is 2.56. The molecule has 0 aliphatic carbocycles. The van der Waals surface area contributed by atoms with Crippen molar-refractivity contribution in [3.8, 4) is 5.75 Å². The number of ether oxygens (including phenoxy) is 1. The molecule has 0 fully saturated rings. The number of aliphatic hydroxyl groups is 1. The van der Waals surface area contributed by atoms with Crippen molar-refractivity contribution >= 4 is 11.6 Å². The number of halogens is 9. The minimum atomic E-state index is -5.34. The van der Waals surface area contributed by atoms with Gasteiger partial charge in [-0.2, -0.15) is 26.3 Å². The summed E-state index contributed by atoms with van der Waals surface area (Å²) in [6.07, 6.45) is -11.4. The van der Waals surface area contributed by atoms with Crippen LogP contribution in [0.3, 0.4) is 0 Å². The molecular formula is C21H20ClF8NO2. The molecule has 2 aromatic carbocycles. The topological polar surface area (TPSA) is 41.5 Å². The molecular weight excluding hydrogens is 486 g/mol. The van der Waals surface area contributed by atoms with E-state index in [9.17, 15) is 40.2 Å². The van der Waals surface area contributed by atoms with Crippen LogP contribution in [-0.2, 0) is 18.1 Å². The van der Waals surface area contributed by atoms with Crippen molar-refractivity contribution in [3.63, 3.8) is 0 Å². The Bertz CT molecular complexity index is 1010. The van der Waals surface area contributed by atoms with Crippen molar-refractivity contribution in [1.29, 1.82) is 0 Å². The van der Waals surface area contributed by atoms with Crippen molar-refractivity contribution in [3.05, 3.63) is 63.7 Å². The zero-order valence-corrected chi connectivity index (χ0v) is 18.3. The van der Waals surface area contributed by atoms with Crippen LogP contribution in [0.4, 0.5) is 35.1 Å². The SMILES string of the molecule is COc1ccc(F)cc1C(C)(C)CC(O)(NCc1cc(C(F)(F)F)cc(Cl)c1F)C(F)(F)F. The van der Waals surface area contributed by atoms with Crippen LogP contribution in [0.1, 0.15) is 37.0 Å². The fraction of sp³-hybridized carbons (Fsp3) is 0.429. The fourth-order valence-electron chi connectivity index (χ4n) is 3.39. The van der Waals surface area contributed by atoms with Gasteiger partial charge in [0.2, 0.25) is 5.72 Å². The maximum Gasteiger partial charge on any atom is 0.431 e. The normalized spacial score (nSPS) is 14.8. The second kappa shape index (κ2) is 9.27. The van der Waals surface area contributed by atoms with E-state index < -0.39 is 64.2 Å². The molecule has 0 aliphatic rings. The quantitative estimate of drug-likeness (QED) is 0.340. The molecule has 0 amide bonds. The molecule has 33 heavy (non-hydrogen) atoms. The average Bonchev–Trinajstić information content (AvgIpc) is 2.67. The van der Waals surface area contributed by atoms with Crippen LogP contribution >= 0.6 is 11.6 Å². The lowest BCUT2D eigenvalue weighted by Gasteiger charge is -2.39. The Hall–Kier alpha value is -2.11. The van der Waals surface area contributed by atoms with Crippen molar-refractivity contribution in [2.75, 3.05) is 7.11 Å². The Labute approximate surface area is 189 Å². The first kappa shape index (κ1) is 27.1. The van der Waals surface area contributed by atoms with Gasteiger partial charge in [-0.25, -0.2) is 8.78 Å². The molecule has 0 bridgehead atoms. The monoisotopic (exact) mass is 505 g/mol. The van der Waals surface area contributed by atoms with Crippen LogP contribution in [0.2, 0.25) is 5.02 Å². The summed E-state index contributed by atoms with van der Waals surface area (Å²) in [5.74, 6) is -2.07. The molecule has 2 aromatic rings. The van der Waals surface area contributed by atoms with Gasteiger partial charge >= 0.3 is 12.4 Å². The second-order valence-electron chi connectivity index (χ2n) is 8.05. The van der Waals surface area contributed by atoms with Crippen LogP contribution < -0.4 is 10.1 Å². The molecule has 2 N–H and O–H groups in total. The molecule has 1 atom stereocenters. The third-order valence-electron chi connectivity index (χ3n) is 5.06. The van der Waals surface area contributed by atoms with E-state index in [0.717, 1.165) is 12.1 Å². The average molecular weight is 506 g/mol. The molecule has 0 spiro atoms. The first-order chi connectivity index (χ1) is 14.9. The van der Waals surface area contributed by atoms with E-state index in [4.69, 9.17) is 16.3 Å². The highest BCUT2D eigenvalue weighted by atomic mass is 35.5. The molecule has 0 saturated carbocycles. The van der Waals surface area contributed by atoms with Crippen molar-refractivity contribution in [2.24, 2.45) is 0 Å². The van der Waals surface area contributed by atoms with Crippen LogP contribution in [-0.4, -0.2) is 24.1 Å². The van der Waals surface area contributed by atoms with E-state index in [0.29, 0.717) is 12.1 Å². The molecule has 1 unspecified atom stereocenters. The van der Waals surface area contributed by atoms with Crippen LogP contribution in [0.15, 0.2) is 30.3 Å². The lowest BCUT2D eigenvalue weighted by atomic mass is 9.77. The predicted molar refractivity (Wildman–Crippen MR) is 105 cm³/mol. The second-order valence-corrected chi connectivity index (χ2v) is 8.45. The summed E-state index contributed by atoms with van der Waals surface area (Å²) < 4.78 is 114. The third kappa shape index (κ3) is 6.07. The summed E-state index contributed by atoms with van der Waals surface area (Å²) >= 11 is 5.46. The Morgan fingerprint density at radius 2 is 1.61 bits per heavy atom. The van der Waals surface area contributed by atoms with Crippen LogP contribution in [0, 0.1) is 11.6 Å². The molecule has 184 valence electrons. The number of hydrogen-bond acceptors (Lipinski definition) is 3. The van der Waals surface area contributed by atoms with E-state index in [1.165, 1.54) is 27.0 Å². The molecule has 0 saturated heterocycles. The van der Waals surface area contributed by atoms with Crippen LogP contribution in [0.25, 0.3) is 0 Å². The maximum absolute atomic E-state index is 14.2. The van der Waals surface area contributed by atoms with Crippen molar-refractivity contribution < 1.29 is 45.0 Å². The van der Waals surface area contributed by atoms with Gasteiger partial charge in [-0.1, -0.05) is 25.4 Å². The van der Waals surface area contributed by atoms with E-state index in [-0.39, 0.29) is 11.3 Å². The number of alkyl halides is 6. The Kier molecular flexibility index (Phi) is 7.62. The number of nitrogens with one attached hydrogen (secondary N) is 1. The van der Waals surface area contributed by atoms with Crippen molar-refractivity contribution in [1.82, 2.24) is 5.32 Å². The first-order valence-electron chi connectivity index (χ1n) is 9.34. The summed E-state index contributed by atoms with van der Waals surface area (Å²) in [5.41, 5.74) is -7.46. The van der Waals surface area contributed by atoms with Gasteiger partial charge < -0.3 is 9.84 Å². The van der Waals surface area contributed by atoms with E-state index in [2.05, 4.69) is 0 Å². The van der Waals surface area contributed by atoms with Gasteiger partial charge in [0, 0.05) is 24.1 Å². The van der Waals surface area contributed by atoms with Gasteiger partial charge in [-0.15, -0.1) is 0 Å². The highest BCUT2D eigenvalue weighted by Crippen LogP contribution is 2.43. The summed E-state index contributed by atoms with van der Waals surface area (Å²) in [4.78, 5) is 0. The Balaban J connectivity index is 2.43. The minimum Gasteiger partial charge on any atom is -0.496 e. The lowest BCUT2D eigenvalue weighted by Crippen LogP contribution is -2.59. The zero-order valence-electron chi connectivity index (χ0n) is 17.6. The fourth-order valence-corrected chi connectivity index (χ4v) is 3.63. The minimum absolute atomic E-state index is 0.00256. The molecule has 0 heterocycles. The molecule has 2 rings (SSSR count). The van der Waals surface area contributed by atoms with Gasteiger partial charge in [0.1, 0.15) is 17.4 Å². The molecule has 12 heteroatoms. The van der Waals surface area contributed by atoms with Gasteiger partial charge in [0.25, 0.3) is 0 Å². The predicted octanol–water partition coefficient (Wildman–Crippen LogP) is 6.35. The maximum atomic E-state index is 14.2. The van der Waals surface area contributed by atoms with Gasteiger partial charge in [-0.05, 0) is 35.7 Å². The highest BCUT2D eigenvalue weighted by molar-refractivity contribution is 6.30. The van der Waals surface area contributed by atoms with Gasteiger partial charge in [-0.3, -0.25) is 5.32 Å². The first-order valence-corrected chi connectivity index (χ1v) is 9.72. The van der Waals surface area contributed by atoms with E-state index in [1.807, 2.05) is 0 Å². The molecule has 3 nitrogen and oxygen atoms in total. The Morgan fingerprint density at radius 1 is 1.00 bits per heavy atom. The smallest absolute Gasteiger partial charge is 0.431 e. The summed E-state index contributed by atoms with van der Waals surface area (Å²) in [7, 11) is 1.22. The zero-order chi connectivity index (χ0) is 25.4. The number of methoxy groups -OCH3 is 1. The Morgan fingerprint density at radius 3 is 2.12 bits per heavy atom. The number of rotatable bonds is 7. The number of hydrogen-bond donors (Lipinski definition) is 2. The standard InChI is InChI=1S/C21H20ClF8NO2/c1-18(2,14-8-13(23)4-5-16(14)33-3)10-19(32,21(28,29)30)31-9-11-6-12(20(25,26)27)7-15(22)17(11)24/h4-8,31-32H,9-10H2,1-3H3. The third-order valence-corrected chi connectivity index (χ3v) is 5.33.